The Morgan fingerprint density at radius 3 is 2.50 bits per heavy atom. The molecule has 2 fully saturated rings. The van der Waals surface area contributed by atoms with Crippen LogP contribution in [0.4, 0.5) is 8.78 Å². The number of hydrogen-bond donors (Lipinski definition) is 2. The predicted octanol–water partition coefficient (Wildman–Crippen LogP) is 4.77. The number of methoxy groups -OCH3 is 1. The average Bonchev–Trinajstić information content (AvgIpc) is 2.79. The van der Waals surface area contributed by atoms with Crippen molar-refractivity contribution in [3.05, 3.63) is 23.8 Å². The molecule has 0 unspecified atom stereocenters. The second kappa shape index (κ2) is 14.0. The van der Waals surface area contributed by atoms with Crippen LogP contribution in [0.2, 0.25) is 0 Å². The number of likely N-dealkylation sites (tertiary alicyclic amines) is 1. The first-order valence-electron chi connectivity index (χ1n) is 11.5. The molecule has 0 spiro atoms. The van der Waals surface area contributed by atoms with Crippen LogP contribution in [-0.4, -0.2) is 56.3 Å². The van der Waals surface area contributed by atoms with Gasteiger partial charge in [0.2, 0.25) is 0 Å². The molecule has 1 aromatic carbocycles. The van der Waals surface area contributed by atoms with Crippen LogP contribution in [0.15, 0.2) is 23.2 Å². The third kappa shape index (κ3) is 8.20. The van der Waals surface area contributed by atoms with Crippen LogP contribution in [0.25, 0.3) is 0 Å². The molecule has 9 heteroatoms. The number of nitrogens with zero attached hydrogens (tertiary/aromatic N) is 2. The number of alkyl halides is 2. The number of guanidine groups is 1. The smallest absolute Gasteiger partial charge is 0.387 e. The SMILES string of the molecule is CCNC(=NCc1ccc(OC)cc1OC(F)F)NC1CCN(C2CCCCC2)CC1.I. The van der Waals surface area contributed by atoms with Crippen LogP contribution in [0.1, 0.15) is 57.4 Å². The molecule has 6 nitrogen and oxygen atoms in total. The fourth-order valence-electron chi connectivity index (χ4n) is 4.53. The minimum Gasteiger partial charge on any atom is -0.497 e. The average molecular weight is 566 g/mol. The van der Waals surface area contributed by atoms with E-state index in [1.807, 2.05) is 6.92 Å². The summed E-state index contributed by atoms with van der Waals surface area (Å²) in [4.78, 5) is 7.28. The van der Waals surface area contributed by atoms with E-state index in [0.29, 0.717) is 23.3 Å². The molecule has 1 aliphatic heterocycles. The summed E-state index contributed by atoms with van der Waals surface area (Å²) < 4.78 is 35.4. The Kier molecular flexibility index (Phi) is 11.8. The van der Waals surface area contributed by atoms with Gasteiger partial charge in [0.05, 0.1) is 13.7 Å². The largest absolute Gasteiger partial charge is 0.497 e. The maximum absolute atomic E-state index is 12.8. The van der Waals surface area contributed by atoms with E-state index in [2.05, 4.69) is 25.3 Å². The molecule has 1 heterocycles. The molecule has 2 aliphatic rings. The van der Waals surface area contributed by atoms with E-state index in [1.165, 1.54) is 45.3 Å². The maximum atomic E-state index is 12.8. The standard InChI is InChI=1S/C23H36F2N4O2.HI/c1-3-26-23(27-16-17-9-10-20(30-2)15-21(17)31-22(24)25)28-18-11-13-29(14-12-18)19-7-5-4-6-8-19;/h9-10,15,18-19,22H,3-8,11-14,16H2,1-2H3,(H2,26,27,28);1H. The number of nitrogens with one attached hydrogen (secondary N) is 2. The van der Waals surface area contributed by atoms with Crippen molar-refractivity contribution >= 4 is 29.9 Å². The first kappa shape index (κ1) is 26.9. The number of benzene rings is 1. The van der Waals surface area contributed by atoms with Gasteiger partial charge in [0, 0.05) is 43.3 Å². The van der Waals surface area contributed by atoms with E-state index < -0.39 is 6.61 Å². The lowest BCUT2D eigenvalue weighted by atomic mass is 9.92. The quantitative estimate of drug-likeness (QED) is 0.270. The lowest BCUT2D eigenvalue weighted by Gasteiger charge is -2.39. The Morgan fingerprint density at radius 1 is 1.16 bits per heavy atom. The Morgan fingerprint density at radius 2 is 1.88 bits per heavy atom. The molecular weight excluding hydrogens is 529 g/mol. The number of hydrogen-bond acceptors (Lipinski definition) is 4. The topological polar surface area (TPSA) is 58.1 Å². The van der Waals surface area contributed by atoms with Crippen LogP contribution in [-0.2, 0) is 6.54 Å². The lowest BCUT2D eigenvalue weighted by molar-refractivity contribution is -0.0505. The molecule has 1 saturated carbocycles. The predicted molar refractivity (Wildman–Crippen MR) is 134 cm³/mol. The van der Waals surface area contributed by atoms with E-state index in [9.17, 15) is 8.78 Å². The summed E-state index contributed by atoms with van der Waals surface area (Å²) in [5.41, 5.74) is 0.588. The molecule has 0 atom stereocenters. The van der Waals surface area contributed by atoms with Gasteiger partial charge in [-0.2, -0.15) is 8.78 Å². The van der Waals surface area contributed by atoms with E-state index in [0.717, 1.165) is 38.5 Å². The van der Waals surface area contributed by atoms with Gasteiger partial charge in [-0.15, -0.1) is 24.0 Å². The van der Waals surface area contributed by atoms with Crippen LogP contribution in [0.3, 0.4) is 0 Å². The van der Waals surface area contributed by atoms with Gasteiger partial charge in [-0.25, -0.2) is 4.99 Å². The molecule has 0 amide bonds. The van der Waals surface area contributed by atoms with Crippen molar-refractivity contribution in [3.8, 4) is 11.5 Å². The number of rotatable bonds is 8. The van der Waals surface area contributed by atoms with Gasteiger partial charge in [0.25, 0.3) is 0 Å². The summed E-state index contributed by atoms with van der Waals surface area (Å²) in [6.07, 6.45) is 8.97. The number of aliphatic imine (C=N–C) groups is 1. The summed E-state index contributed by atoms with van der Waals surface area (Å²) in [5.74, 6) is 1.27. The second-order valence-corrected chi connectivity index (χ2v) is 8.29. The molecule has 0 radical (unpaired) electrons. The van der Waals surface area contributed by atoms with Gasteiger partial charge in [-0.1, -0.05) is 19.3 Å². The second-order valence-electron chi connectivity index (χ2n) is 8.29. The van der Waals surface area contributed by atoms with E-state index >= 15 is 0 Å². The Hall–Kier alpha value is -1.36. The normalized spacial score (nSPS) is 18.8. The van der Waals surface area contributed by atoms with Crippen molar-refractivity contribution < 1.29 is 18.3 Å². The molecule has 0 aromatic heterocycles. The Labute approximate surface area is 207 Å². The first-order chi connectivity index (χ1) is 15.1. The number of piperidine rings is 1. The minimum atomic E-state index is -2.89. The zero-order valence-electron chi connectivity index (χ0n) is 19.1. The summed E-state index contributed by atoms with van der Waals surface area (Å²) in [5, 5.41) is 6.80. The van der Waals surface area contributed by atoms with Crippen molar-refractivity contribution in [2.24, 2.45) is 4.99 Å². The highest BCUT2D eigenvalue weighted by atomic mass is 127. The molecule has 182 valence electrons. The molecule has 1 saturated heterocycles. The highest BCUT2D eigenvalue weighted by Gasteiger charge is 2.26. The van der Waals surface area contributed by atoms with E-state index in [-0.39, 0.29) is 36.3 Å². The van der Waals surface area contributed by atoms with Gasteiger partial charge in [-0.05, 0) is 44.7 Å². The summed E-state index contributed by atoms with van der Waals surface area (Å²) in [6.45, 7) is 2.33. The van der Waals surface area contributed by atoms with E-state index in [4.69, 9.17) is 4.74 Å². The Balaban J connectivity index is 0.00000363. The first-order valence-corrected chi connectivity index (χ1v) is 11.5. The highest BCUT2D eigenvalue weighted by Crippen LogP contribution is 2.27. The molecule has 1 aromatic rings. The molecule has 1 aliphatic carbocycles. The summed E-state index contributed by atoms with van der Waals surface area (Å²) in [7, 11) is 1.49. The van der Waals surface area contributed by atoms with Crippen molar-refractivity contribution in [1.82, 2.24) is 15.5 Å². The zero-order chi connectivity index (χ0) is 22.1. The monoisotopic (exact) mass is 566 g/mol. The maximum Gasteiger partial charge on any atom is 0.387 e. The lowest BCUT2D eigenvalue weighted by Crippen LogP contribution is -2.50. The van der Waals surface area contributed by atoms with Crippen LogP contribution < -0.4 is 20.1 Å². The van der Waals surface area contributed by atoms with Gasteiger partial charge in [0.15, 0.2) is 5.96 Å². The van der Waals surface area contributed by atoms with Crippen molar-refractivity contribution in [1.29, 1.82) is 0 Å². The fourth-order valence-corrected chi connectivity index (χ4v) is 4.53. The number of ether oxygens (including phenoxy) is 2. The van der Waals surface area contributed by atoms with Crippen molar-refractivity contribution in [2.75, 3.05) is 26.7 Å². The number of halogens is 3. The molecule has 3 rings (SSSR count). The fraction of sp³-hybridized carbons (Fsp3) is 0.696. The third-order valence-electron chi connectivity index (χ3n) is 6.20. The molecule has 32 heavy (non-hydrogen) atoms. The van der Waals surface area contributed by atoms with Gasteiger partial charge >= 0.3 is 6.61 Å². The highest BCUT2D eigenvalue weighted by molar-refractivity contribution is 14.0. The summed E-state index contributed by atoms with van der Waals surface area (Å²) in [6, 6.07) is 6.04. The van der Waals surface area contributed by atoms with Crippen LogP contribution in [0.5, 0.6) is 11.5 Å². The summed E-state index contributed by atoms with van der Waals surface area (Å²) >= 11 is 0. The van der Waals surface area contributed by atoms with E-state index in [1.54, 1.807) is 12.1 Å². The Bertz CT molecular complexity index is 709. The minimum absolute atomic E-state index is 0. The van der Waals surface area contributed by atoms with Gasteiger partial charge < -0.3 is 25.0 Å². The van der Waals surface area contributed by atoms with Gasteiger partial charge in [-0.3, -0.25) is 0 Å². The van der Waals surface area contributed by atoms with Crippen molar-refractivity contribution in [3.63, 3.8) is 0 Å². The molecule has 2 N–H and O–H groups in total. The zero-order valence-corrected chi connectivity index (χ0v) is 21.4. The van der Waals surface area contributed by atoms with Crippen molar-refractivity contribution in [2.45, 2.75) is 77.1 Å². The van der Waals surface area contributed by atoms with Crippen LogP contribution >= 0.6 is 24.0 Å². The third-order valence-corrected chi connectivity index (χ3v) is 6.20. The van der Waals surface area contributed by atoms with Gasteiger partial charge in [0.1, 0.15) is 11.5 Å². The molecular formula is C23H37F2IN4O2. The van der Waals surface area contributed by atoms with Crippen LogP contribution in [0, 0.1) is 0 Å². The molecule has 0 bridgehead atoms.